The van der Waals surface area contributed by atoms with Crippen molar-refractivity contribution in [3.05, 3.63) is 22.2 Å². The molecule has 0 fully saturated rings. The topological polar surface area (TPSA) is 73.6 Å². The molecule has 1 aromatic carbocycles. The Labute approximate surface area is 139 Å². The fourth-order valence-corrected chi connectivity index (χ4v) is 2.98. The Morgan fingerprint density at radius 2 is 1.91 bits per heavy atom. The van der Waals surface area contributed by atoms with Crippen molar-refractivity contribution in [1.29, 1.82) is 0 Å². The van der Waals surface area contributed by atoms with Crippen molar-refractivity contribution >= 4 is 21.8 Å². The summed E-state index contributed by atoms with van der Waals surface area (Å²) in [6.45, 7) is 7.02. The lowest BCUT2D eigenvalue weighted by Gasteiger charge is -2.24. The summed E-state index contributed by atoms with van der Waals surface area (Å²) in [6, 6.07) is 3.11. The maximum atomic E-state index is 12.2. The van der Waals surface area contributed by atoms with Crippen LogP contribution >= 0.6 is 15.9 Å². The SMILES string of the molecule is CCC(C)C(N)C(=O)NC(C)c1cc2c(cc1Br)OCCO2. The van der Waals surface area contributed by atoms with Gasteiger partial charge in [0.25, 0.3) is 0 Å². The number of fused-ring (bicyclic) bond motifs is 1. The molecule has 0 aliphatic carbocycles. The molecule has 122 valence electrons. The third-order valence-corrected chi connectivity index (χ3v) is 4.73. The Morgan fingerprint density at radius 1 is 1.32 bits per heavy atom. The van der Waals surface area contributed by atoms with E-state index in [0.717, 1.165) is 22.2 Å². The van der Waals surface area contributed by atoms with E-state index >= 15 is 0 Å². The Morgan fingerprint density at radius 3 is 2.50 bits per heavy atom. The zero-order valence-electron chi connectivity index (χ0n) is 13.2. The van der Waals surface area contributed by atoms with Crippen LogP contribution in [0, 0.1) is 5.92 Å². The number of carbonyl (C=O) groups is 1. The van der Waals surface area contributed by atoms with Crippen LogP contribution in [0.3, 0.4) is 0 Å². The molecule has 1 heterocycles. The van der Waals surface area contributed by atoms with Crippen molar-refractivity contribution in [2.24, 2.45) is 11.7 Å². The van der Waals surface area contributed by atoms with Crippen molar-refractivity contribution < 1.29 is 14.3 Å². The van der Waals surface area contributed by atoms with Crippen molar-refractivity contribution in [2.45, 2.75) is 39.3 Å². The summed E-state index contributed by atoms with van der Waals surface area (Å²) >= 11 is 3.53. The number of hydrogen-bond acceptors (Lipinski definition) is 4. The van der Waals surface area contributed by atoms with Gasteiger partial charge in [-0.2, -0.15) is 0 Å². The third kappa shape index (κ3) is 3.73. The number of ether oxygens (including phenoxy) is 2. The fraction of sp³-hybridized carbons (Fsp3) is 0.562. The maximum absolute atomic E-state index is 12.2. The number of nitrogens with one attached hydrogen (secondary N) is 1. The average Bonchev–Trinajstić information content (AvgIpc) is 2.52. The van der Waals surface area contributed by atoms with E-state index in [2.05, 4.69) is 21.2 Å². The molecule has 0 aromatic heterocycles. The Bertz CT molecular complexity index is 550. The van der Waals surface area contributed by atoms with Gasteiger partial charge in [-0.1, -0.05) is 36.2 Å². The second-order valence-electron chi connectivity index (χ2n) is 5.66. The lowest BCUT2D eigenvalue weighted by molar-refractivity contribution is -0.124. The van der Waals surface area contributed by atoms with E-state index in [-0.39, 0.29) is 17.9 Å². The minimum atomic E-state index is -0.497. The summed E-state index contributed by atoms with van der Waals surface area (Å²) in [7, 11) is 0. The van der Waals surface area contributed by atoms with Gasteiger partial charge < -0.3 is 20.5 Å². The highest BCUT2D eigenvalue weighted by molar-refractivity contribution is 9.10. The van der Waals surface area contributed by atoms with Gasteiger partial charge in [0.2, 0.25) is 5.91 Å². The Kier molecular flexibility index (Phi) is 5.69. The predicted molar refractivity (Wildman–Crippen MR) is 89.1 cm³/mol. The van der Waals surface area contributed by atoms with Crippen LogP contribution in [0.15, 0.2) is 16.6 Å². The fourth-order valence-electron chi connectivity index (χ4n) is 2.31. The third-order valence-electron chi connectivity index (χ3n) is 4.05. The standard InChI is InChI=1S/C16H23BrN2O3/c1-4-9(2)15(18)16(20)19-10(3)11-7-13-14(8-12(11)17)22-6-5-21-13/h7-10,15H,4-6,18H2,1-3H3,(H,19,20). The molecule has 0 saturated carbocycles. The quantitative estimate of drug-likeness (QED) is 0.835. The molecule has 0 bridgehead atoms. The number of hydrogen-bond donors (Lipinski definition) is 2. The molecule has 6 heteroatoms. The van der Waals surface area contributed by atoms with Crippen LogP contribution in [0.5, 0.6) is 11.5 Å². The molecule has 3 N–H and O–H groups in total. The molecular formula is C16H23BrN2O3. The summed E-state index contributed by atoms with van der Waals surface area (Å²) in [4.78, 5) is 12.2. The van der Waals surface area contributed by atoms with E-state index in [1.807, 2.05) is 32.9 Å². The van der Waals surface area contributed by atoms with Crippen molar-refractivity contribution in [2.75, 3.05) is 13.2 Å². The van der Waals surface area contributed by atoms with E-state index in [9.17, 15) is 4.79 Å². The minimum absolute atomic E-state index is 0.136. The molecule has 5 nitrogen and oxygen atoms in total. The zero-order chi connectivity index (χ0) is 16.3. The first-order valence-electron chi connectivity index (χ1n) is 7.59. The van der Waals surface area contributed by atoms with Gasteiger partial charge in [0.05, 0.1) is 12.1 Å². The molecule has 3 atom stereocenters. The summed E-state index contributed by atoms with van der Waals surface area (Å²) < 4.78 is 12.0. The summed E-state index contributed by atoms with van der Waals surface area (Å²) in [5, 5.41) is 2.97. The highest BCUT2D eigenvalue weighted by Gasteiger charge is 2.23. The summed E-state index contributed by atoms with van der Waals surface area (Å²) in [6.07, 6.45) is 0.872. The molecular weight excluding hydrogens is 348 g/mol. The monoisotopic (exact) mass is 370 g/mol. The van der Waals surface area contributed by atoms with Gasteiger partial charge in [0.1, 0.15) is 13.2 Å². The van der Waals surface area contributed by atoms with Gasteiger partial charge in [-0.15, -0.1) is 0 Å². The molecule has 1 amide bonds. The van der Waals surface area contributed by atoms with E-state index in [1.165, 1.54) is 0 Å². The molecule has 0 spiro atoms. The molecule has 0 radical (unpaired) electrons. The van der Waals surface area contributed by atoms with Crippen molar-refractivity contribution in [3.63, 3.8) is 0 Å². The second-order valence-corrected chi connectivity index (χ2v) is 6.51. The summed E-state index contributed by atoms with van der Waals surface area (Å²) in [5.74, 6) is 1.44. The van der Waals surface area contributed by atoms with Gasteiger partial charge in [0.15, 0.2) is 11.5 Å². The van der Waals surface area contributed by atoms with Gasteiger partial charge in [-0.25, -0.2) is 0 Å². The first-order chi connectivity index (χ1) is 10.4. The minimum Gasteiger partial charge on any atom is -0.486 e. The molecule has 3 unspecified atom stereocenters. The lowest BCUT2D eigenvalue weighted by atomic mass is 9.98. The van der Waals surface area contributed by atoms with Crippen molar-refractivity contribution in [1.82, 2.24) is 5.32 Å². The normalized spacial score (nSPS) is 17.5. The van der Waals surface area contributed by atoms with Crippen LogP contribution in [-0.4, -0.2) is 25.2 Å². The maximum Gasteiger partial charge on any atom is 0.237 e. The van der Waals surface area contributed by atoms with Crippen LogP contribution in [0.25, 0.3) is 0 Å². The smallest absolute Gasteiger partial charge is 0.237 e. The van der Waals surface area contributed by atoms with Gasteiger partial charge in [-0.05, 0) is 30.5 Å². The number of carbonyl (C=O) groups excluding carboxylic acids is 1. The molecule has 22 heavy (non-hydrogen) atoms. The van der Waals surface area contributed by atoms with E-state index in [1.54, 1.807) is 0 Å². The van der Waals surface area contributed by atoms with Crippen molar-refractivity contribution in [3.8, 4) is 11.5 Å². The largest absolute Gasteiger partial charge is 0.486 e. The molecule has 1 aromatic rings. The summed E-state index contributed by atoms with van der Waals surface area (Å²) in [5.41, 5.74) is 6.92. The molecule has 1 aliphatic heterocycles. The zero-order valence-corrected chi connectivity index (χ0v) is 14.8. The highest BCUT2D eigenvalue weighted by atomic mass is 79.9. The number of benzene rings is 1. The van der Waals surface area contributed by atoms with Crippen LogP contribution < -0.4 is 20.5 Å². The lowest BCUT2D eigenvalue weighted by Crippen LogP contribution is -2.45. The molecule has 0 saturated heterocycles. The Balaban J connectivity index is 2.12. The van der Waals surface area contributed by atoms with Crippen LogP contribution in [-0.2, 0) is 4.79 Å². The van der Waals surface area contributed by atoms with E-state index < -0.39 is 6.04 Å². The van der Waals surface area contributed by atoms with Crippen LogP contribution in [0.1, 0.15) is 38.8 Å². The number of amides is 1. The number of rotatable bonds is 5. The Hall–Kier alpha value is -1.27. The molecule has 2 rings (SSSR count). The van der Waals surface area contributed by atoms with Gasteiger partial charge >= 0.3 is 0 Å². The van der Waals surface area contributed by atoms with Crippen LogP contribution in [0.4, 0.5) is 0 Å². The number of nitrogens with two attached hydrogens (primary N) is 1. The first kappa shape index (κ1) is 17.1. The second kappa shape index (κ2) is 7.33. The average molecular weight is 371 g/mol. The first-order valence-corrected chi connectivity index (χ1v) is 8.38. The molecule has 1 aliphatic rings. The van der Waals surface area contributed by atoms with Gasteiger partial charge in [0, 0.05) is 4.47 Å². The predicted octanol–water partition coefficient (Wildman–Crippen LogP) is 2.77. The van der Waals surface area contributed by atoms with Gasteiger partial charge in [-0.3, -0.25) is 4.79 Å². The highest BCUT2D eigenvalue weighted by Crippen LogP contribution is 2.37. The van der Waals surface area contributed by atoms with E-state index in [4.69, 9.17) is 15.2 Å². The van der Waals surface area contributed by atoms with Crippen LogP contribution in [0.2, 0.25) is 0 Å². The van der Waals surface area contributed by atoms with E-state index in [0.29, 0.717) is 19.0 Å². The number of halogens is 1.